The van der Waals surface area contributed by atoms with Gasteiger partial charge in [-0.1, -0.05) is 26.7 Å². The lowest BCUT2D eigenvalue weighted by Crippen LogP contribution is -2.15. The lowest BCUT2D eigenvalue weighted by Gasteiger charge is -2.15. The Balaban J connectivity index is 1.74. The summed E-state index contributed by atoms with van der Waals surface area (Å²) < 4.78 is 2.56. The van der Waals surface area contributed by atoms with E-state index in [1.54, 1.807) is 5.71 Å². The van der Waals surface area contributed by atoms with Gasteiger partial charge < -0.3 is 0 Å². The lowest BCUT2D eigenvalue weighted by molar-refractivity contribution is -0.487. The third kappa shape index (κ3) is 4.43. The standard InChI is InChI=1S/C16H29N4/c1-4-7-14(10-15-11-17-19-18-15)8-6-9-16(5-2)20-12-13(20)3/h11,14,16H,4-10,12H2,1-3H3,(H,17,18,19)/q+1. The first-order valence-corrected chi connectivity index (χ1v) is 8.18. The molecule has 2 heterocycles. The van der Waals surface area contributed by atoms with Crippen molar-refractivity contribution in [2.45, 2.75) is 71.8 Å². The molecule has 2 atom stereocenters. The van der Waals surface area contributed by atoms with Crippen molar-refractivity contribution in [1.29, 1.82) is 0 Å². The summed E-state index contributed by atoms with van der Waals surface area (Å²) in [6, 6.07) is 0.782. The minimum absolute atomic E-state index is 0.766. The normalized spacial score (nSPS) is 17.4. The van der Waals surface area contributed by atoms with E-state index in [-0.39, 0.29) is 0 Å². The molecule has 1 aliphatic rings. The summed E-state index contributed by atoms with van der Waals surface area (Å²) in [5.74, 6) is 0.766. The van der Waals surface area contributed by atoms with Crippen LogP contribution in [0.15, 0.2) is 6.20 Å². The second kappa shape index (κ2) is 7.55. The fraction of sp³-hybridized carbons (Fsp3) is 0.812. The van der Waals surface area contributed by atoms with Crippen molar-refractivity contribution in [2.75, 3.05) is 6.54 Å². The molecule has 4 heteroatoms. The van der Waals surface area contributed by atoms with E-state index >= 15 is 0 Å². The molecule has 1 aromatic rings. The Morgan fingerprint density at radius 2 is 2.10 bits per heavy atom. The van der Waals surface area contributed by atoms with E-state index in [1.165, 1.54) is 45.1 Å². The predicted octanol–water partition coefficient (Wildman–Crippen LogP) is 3.20. The summed E-state index contributed by atoms with van der Waals surface area (Å²) in [5.41, 5.74) is 2.69. The molecule has 0 saturated heterocycles. The summed E-state index contributed by atoms with van der Waals surface area (Å²) in [7, 11) is 0. The van der Waals surface area contributed by atoms with Gasteiger partial charge in [0.05, 0.1) is 11.9 Å². The Morgan fingerprint density at radius 3 is 2.65 bits per heavy atom. The molecule has 1 aliphatic heterocycles. The van der Waals surface area contributed by atoms with Crippen molar-refractivity contribution < 1.29 is 4.58 Å². The average Bonchev–Trinajstić information content (AvgIpc) is 2.94. The predicted molar refractivity (Wildman–Crippen MR) is 82.2 cm³/mol. The molecule has 0 fully saturated rings. The van der Waals surface area contributed by atoms with Crippen LogP contribution in [0, 0.1) is 5.92 Å². The third-order valence-electron chi connectivity index (χ3n) is 4.51. The molecule has 0 amide bonds. The van der Waals surface area contributed by atoms with Crippen LogP contribution in [0.1, 0.15) is 65.0 Å². The van der Waals surface area contributed by atoms with Crippen molar-refractivity contribution in [3.63, 3.8) is 0 Å². The molecule has 2 rings (SSSR count). The maximum atomic E-state index is 4.20. The number of rotatable bonds is 10. The first-order valence-electron chi connectivity index (χ1n) is 8.18. The highest BCUT2D eigenvalue weighted by atomic mass is 15.3. The topological polar surface area (TPSA) is 44.6 Å². The summed E-state index contributed by atoms with van der Waals surface area (Å²) in [6.45, 7) is 8.08. The smallest absolute Gasteiger partial charge is 0.219 e. The van der Waals surface area contributed by atoms with Crippen LogP contribution in [0.3, 0.4) is 0 Å². The molecular formula is C16H29N4+. The van der Waals surface area contributed by atoms with Gasteiger partial charge in [0.2, 0.25) is 12.3 Å². The maximum Gasteiger partial charge on any atom is 0.221 e. The molecule has 1 aromatic heterocycles. The molecule has 0 radical (unpaired) electrons. The summed E-state index contributed by atoms with van der Waals surface area (Å²) in [4.78, 5) is 0. The molecule has 2 unspecified atom stereocenters. The van der Waals surface area contributed by atoms with Crippen molar-refractivity contribution in [2.24, 2.45) is 5.92 Å². The van der Waals surface area contributed by atoms with Gasteiger partial charge in [-0.15, -0.1) is 0 Å². The molecule has 0 aromatic carbocycles. The Hall–Kier alpha value is -1.19. The first-order chi connectivity index (χ1) is 9.74. The number of hydrogen-bond donors (Lipinski definition) is 1. The molecule has 0 bridgehead atoms. The van der Waals surface area contributed by atoms with Gasteiger partial charge in [0, 0.05) is 19.8 Å². The molecule has 4 nitrogen and oxygen atoms in total. The highest BCUT2D eigenvalue weighted by Crippen LogP contribution is 2.22. The Labute approximate surface area is 122 Å². The van der Waals surface area contributed by atoms with Crippen LogP contribution in [0.4, 0.5) is 0 Å². The quantitative estimate of drug-likeness (QED) is 0.667. The molecule has 112 valence electrons. The minimum Gasteiger partial charge on any atom is -0.219 e. The van der Waals surface area contributed by atoms with Gasteiger partial charge in [0.1, 0.15) is 0 Å². The van der Waals surface area contributed by atoms with Gasteiger partial charge in [-0.2, -0.15) is 15.4 Å². The maximum absolute atomic E-state index is 4.20. The molecule has 20 heavy (non-hydrogen) atoms. The van der Waals surface area contributed by atoms with Gasteiger partial charge in [0.15, 0.2) is 6.04 Å². The van der Waals surface area contributed by atoms with Crippen LogP contribution < -0.4 is 0 Å². The average molecular weight is 277 g/mol. The van der Waals surface area contributed by atoms with E-state index in [9.17, 15) is 0 Å². The number of nitrogens with one attached hydrogen (secondary N) is 1. The lowest BCUT2D eigenvalue weighted by atomic mass is 9.91. The number of hydrogen-bond acceptors (Lipinski definition) is 2. The number of aromatic nitrogens is 3. The van der Waals surface area contributed by atoms with Crippen LogP contribution in [0.5, 0.6) is 0 Å². The molecule has 0 saturated carbocycles. The largest absolute Gasteiger partial charge is 0.221 e. The Kier molecular flexibility index (Phi) is 5.74. The van der Waals surface area contributed by atoms with Crippen LogP contribution in [-0.4, -0.2) is 38.3 Å². The second-order valence-corrected chi connectivity index (χ2v) is 6.18. The Morgan fingerprint density at radius 1 is 1.30 bits per heavy atom. The fourth-order valence-corrected chi connectivity index (χ4v) is 3.25. The summed E-state index contributed by atoms with van der Waals surface area (Å²) in [5, 5.41) is 10.8. The second-order valence-electron chi connectivity index (χ2n) is 6.18. The zero-order chi connectivity index (χ0) is 14.4. The molecule has 1 N–H and O–H groups in total. The zero-order valence-corrected chi connectivity index (χ0v) is 13.2. The number of H-pyrrole nitrogens is 1. The third-order valence-corrected chi connectivity index (χ3v) is 4.51. The van der Waals surface area contributed by atoms with Gasteiger partial charge in [-0.3, -0.25) is 0 Å². The van der Waals surface area contributed by atoms with E-state index in [1.807, 2.05) is 6.20 Å². The van der Waals surface area contributed by atoms with E-state index in [0.717, 1.165) is 24.1 Å². The van der Waals surface area contributed by atoms with Gasteiger partial charge in [-0.25, -0.2) is 4.58 Å². The number of aromatic amines is 1. The van der Waals surface area contributed by atoms with Gasteiger partial charge >= 0.3 is 0 Å². The summed E-state index contributed by atoms with van der Waals surface area (Å²) >= 11 is 0. The van der Waals surface area contributed by atoms with Crippen molar-refractivity contribution in [3.8, 4) is 0 Å². The van der Waals surface area contributed by atoms with Gasteiger partial charge in [-0.05, 0) is 25.2 Å². The van der Waals surface area contributed by atoms with Crippen LogP contribution in [0.2, 0.25) is 0 Å². The zero-order valence-electron chi connectivity index (χ0n) is 13.2. The molecule has 0 aliphatic carbocycles. The molecule has 0 spiro atoms. The highest BCUT2D eigenvalue weighted by Gasteiger charge is 2.34. The molecular weight excluding hydrogens is 248 g/mol. The SMILES string of the molecule is CCCC(CCCC(CC)[N+]1=C(C)C1)Cc1cn[nH]n1. The monoisotopic (exact) mass is 277 g/mol. The van der Waals surface area contributed by atoms with Crippen LogP contribution >= 0.6 is 0 Å². The first kappa shape index (κ1) is 15.2. The van der Waals surface area contributed by atoms with E-state index in [2.05, 4.69) is 40.8 Å². The van der Waals surface area contributed by atoms with Crippen molar-refractivity contribution in [3.05, 3.63) is 11.9 Å². The Bertz CT molecular complexity index is 422. The fourth-order valence-electron chi connectivity index (χ4n) is 3.25. The summed E-state index contributed by atoms with van der Waals surface area (Å²) in [6.07, 6.45) is 10.8. The highest BCUT2D eigenvalue weighted by molar-refractivity contribution is 5.85. The van der Waals surface area contributed by atoms with Crippen LogP contribution in [-0.2, 0) is 6.42 Å². The van der Waals surface area contributed by atoms with Crippen LogP contribution in [0.25, 0.3) is 0 Å². The van der Waals surface area contributed by atoms with E-state index in [0.29, 0.717) is 0 Å². The number of nitrogens with zero attached hydrogens (tertiary/aromatic N) is 3. The van der Waals surface area contributed by atoms with E-state index < -0.39 is 0 Å². The van der Waals surface area contributed by atoms with Crippen molar-refractivity contribution >= 4 is 5.71 Å². The van der Waals surface area contributed by atoms with Crippen molar-refractivity contribution in [1.82, 2.24) is 15.4 Å². The van der Waals surface area contributed by atoms with E-state index in [4.69, 9.17) is 0 Å². The minimum atomic E-state index is 0.766. The van der Waals surface area contributed by atoms with Gasteiger partial charge in [0.25, 0.3) is 0 Å².